The predicted molar refractivity (Wildman–Crippen MR) is 72.5 cm³/mol. The zero-order valence-electron chi connectivity index (χ0n) is 10.1. The highest BCUT2D eigenvalue weighted by Crippen LogP contribution is 2.05. The first-order valence-corrected chi connectivity index (χ1v) is 7.74. The zero-order chi connectivity index (χ0) is 13.3. The van der Waals surface area contributed by atoms with Gasteiger partial charge < -0.3 is 9.47 Å². The molecule has 4 nitrogen and oxygen atoms in total. The van der Waals surface area contributed by atoms with Crippen LogP contribution in [0.5, 0.6) is 0 Å². The molecule has 0 amide bonds. The van der Waals surface area contributed by atoms with Crippen LogP contribution in [0.3, 0.4) is 0 Å². The maximum Gasteiger partial charge on any atom is 0.306 e. The minimum atomic E-state index is -0.279. The van der Waals surface area contributed by atoms with Gasteiger partial charge in [0.2, 0.25) is 0 Å². The quantitative estimate of drug-likeness (QED) is 0.485. The third-order valence-corrected chi connectivity index (χ3v) is 3.69. The van der Waals surface area contributed by atoms with Crippen LogP contribution in [0, 0.1) is 0 Å². The number of alkyl halides is 2. The minimum absolute atomic E-state index is 0.136. The molecule has 0 rings (SSSR count). The van der Waals surface area contributed by atoms with Crippen molar-refractivity contribution in [1.29, 1.82) is 0 Å². The van der Waals surface area contributed by atoms with Gasteiger partial charge in [0.25, 0.3) is 0 Å². The van der Waals surface area contributed by atoms with Gasteiger partial charge in [-0.2, -0.15) is 0 Å². The van der Waals surface area contributed by atoms with Gasteiger partial charge in [-0.25, -0.2) is 0 Å². The molecule has 0 radical (unpaired) electrons. The second kappa shape index (κ2) is 9.88. The first-order valence-electron chi connectivity index (χ1n) is 5.50. The van der Waals surface area contributed by atoms with E-state index in [9.17, 15) is 9.59 Å². The average molecular weight is 374 g/mol. The topological polar surface area (TPSA) is 52.6 Å². The van der Waals surface area contributed by atoms with Crippen molar-refractivity contribution in [2.24, 2.45) is 0 Å². The van der Waals surface area contributed by atoms with Crippen molar-refractivity contribution in [3.63, 3.8) is 0 Å². The summed E-state index contributed by atoms with van der Waals surface area (Å²) in [5.74, 6) is -0.559. The number of esters is 2. The van der Waals surface area contributed by atoms with E-state index in [1.54, 1.807) is 13.8 Å². The number of rotatable bonds is 8. The summed E-state index contributed by atoms with van der Waals surface area (Å²) in [6.45, 7) is 3.61. The lowest BCUT2D eigenvalue weighted by molar-refractivity contribution is -0.148. The van der Waals surface area contributed by atoms with Crippen LogP contribution in [0.15, 0.2) is 0 Å². The van der Waals surface area contributed by atoms with Crippen LogP contribution < -0.4 is 0 Å². The van der Waals surface area contributed by atoms with Gasteiger partial charge in [-0.3, -0.25) is 9.59 Å². The van der Waals surface area contributed by atoms with Gasteiger partial charge >= 0.3 is 11.9 Å². The van der Waals surface area contributed by atoms with Crippen LogP contribution >= 0.6 is 31.9 Å². The van der Waals surface area contributed by atoms with Crippen LogP contribution in [0.1, 0.15) is 33.1 Å². The van der Waals surface area contributed by atoms with Crippen molar-refractivity contribution in [3.05, 3.63) is 0 Å². The van der Waals surface area contributed by atoms with Crippen LogP contribution in [0.2, 0.25) is 0 Å². The Balaban J connectivity index is 3.62. The first kappa shape index (κ1) is 16.9. The van der Waals surface area contributed by atoms with E-state index < -0.39 is 0 Å². The van der Waals surface area contributed by atoms with E-state index in [0.29, 0.717) is 17.1 Å². The average Bonchev–Trinajstić information content (AvgIpc) is 2.28. The van der Waals surface area contributed by atoms with Crippen molar-refractivity contribution in [3.8, 4) is 0 Å². The molecule has 0 aromatic heterocycles. The molecule has 0 spiro atoms. The van der Waals surface area contributed by atoms with Gasteiger partial charge in [-0.1, -0.05) is 31.9 Å². The molecule has 0 saturated heterocycles. The summed E-state index contributed by atoms with van der Waals surface area (Å²) >= 11 is 6.43. The summed E-state index contributed by atoms with van der Waals surface area (Å²) in [6.07, 6.45) is 0.678. The number of hydrogen-bond donors (Lipinski definition) is 0. The number of hydrogen-bond acceptors (Lipinski definition) is 4. The summed E-state index contributed by atoms with van der Waals surface area (Å²) in [6, 6.07) is 0. The molecular formula is C11H18Br2O4. The Morgan fingerprint density at radius 2 is 1.29 bits per heavy atom. The van der Waals surface area contributed by atoms with E-state index >= 15 is 0 Å². The van der Waals surface area contributed by atoms with Crippen LogP contribution in [-0.2, 0) is 19.1 Å². The van der Waals surface area contributed by atoms with Crippen LogP contribution in [0.25, 0.3) is 0 Å². The zero-order valence-corrected chi connectivity index (χ0v) is 13.3. The molecule has 0 N–H and O–H groups in total. The number of halogens is 2. The lowest BCUT2D eigenvalue weighted by Crippen LogP contribution is -2.18. The highest BCUT2D eigenvalue weighted by atomic mass is 79.9. The Hall–Kier alpha value is -0.100. The molecule has 6 heteroatoms. The van der Waals surface area contributed by atoms with Gasteiger partial charge in [0.15, 0.2) is 0 Å². The van der Waals surface area contributed by atoms with Crippen LogP contribution in [0.4, 0.5) is 0 Å². The van der Waals surface area contributed by atoms with Crippen molar-refractivity contribution in [2.75, 3.05) is 10.7 Å². The van der Waals surface area contributed by atoms with Crippen molar-refractivity contribution in [2.45, 2.75) is 45.3 Å². The van der Waals surface area contributed by atoms with Gasteiger partial charge in [0, 0.05) is 23.5 Å². The number of carbonyl (C=O) groups excluding carboxylic acids is 2. The van der Waals surface area contributed by atoms with E-state index in [2.05, 4.69) is 31.9 Å². The fourth-order valence-electron chi connectivity index (χ4n) is 1.01. The van der Waals surface area contributed by atoms with Gasteiger partial charge in [0.1, 0.15) is 12.2 Å². The molecule has 17 heavy (non-hydrogen) atoms. The summed E-state index contributed by atoms with van der Waals surface area (Å²) in [5, 5.41) is 1.23. The molecule has 0 aromatic rings. The van der Waals surface area contributed by atoms with Crippen molar-refractivity contribution < 1.29 is 19.1 Å². The molecule has 0 fully saturated rings. The summed E-state index contributed by atoms with van der Waals surface area (Å²) in [5.41, 5.74) is 0. The molecule has 0 saturated carbocycles. The number of carbonyl (C=O) groups is 2. The Kier molecular flexibility index (Phi) is 9.82. The fraction of sp³-hybridized carbons (Fsp3) is 0.818. The van der Waals surface area contributed by atoms with Gasteiger partial charge in [0.05, 0.1) is 0 Å². The SMILES string of the molecule is CC(CBr)OC(=O)CCCC(=O)OC(C)CBr. The molecule has 0 aliphatic carbocycles. The fourth-order valence-corrected chi connectivity index (χ4v) is 1.27. The largest absolute Gasteiger partial charge is 0.462 e. The molecule has 0 heterocycles. The Labute approximate surface area is 119 Å². The highest BCUT2D eigenvalue weighted by molar-refractivity contribution is 9.09. The minimum Gasteiger partial charge on any atom is -0.462 e. The van der Waals surface area contributed by atoms with Gasteiger partial charge in [-0.15, -0.1) is 0 Å². The molecule has 0 aliphatic rings. The summed E-state index contributed by atoms with van der Waals surface area (Å²) in [7, 11) is 0. The molecule has 0 aromatic carbocycles. The third kappa shape index (κ3) is 9.59. The Morgan fingerprint density at radius 1 is 0.941 bits per heavy atom. The molecule has 100 valence electrons. The second-order valence-corrected chi connectivity index (χ2v) is 5.06. The monoisotopic (exact) mass is 372 g/mol. The summed E-state index contributed by atoms with van der Waals surface area (Å²) in [4.78, 5) is 22.5. The van der Waals surface area contributed by atoms with E-state index in [0.717, 1.165) is 0 Å². The van der Waals surface area contributed by atoms with E-state index in [4.69, 9.17) is 9.47 Å². The van der Waals surface area contributed by atoms with E-state index in [1.165, 1.54) is 0 Å². The predicted octanol–water partition coefficient (Wildman–Crippen LogP) is 2.81. The maximum absolute atomic E-state index is 11.3. The van der Waals surface area contributed by atoms with Crippen molar-refractivity contribution >= 4 is 43.8 Å². The Bertz CT molecular complexity index is 222. The standard InChI is InChI=1S/C11H18Br2O4/c1-8(6-12)16-10(14)4-3-5-11(15)17-9(2)7-13/h8-9H,3-7H2,1-2H3. The maximum atomic E-state index is 11.3. The smallest absolute Gasteiger partial charge is 0.306 e. The van der Waals surface area contributed by atoms with E-state index in [1.807, 2.05) is 0 Å². The summed E-state index contributed by atoms with van der Waals surface area (Å²) < 4.78 is 10.1. The van der Waals surface area contributed by atoms with Crippen LogP contribution in [-0.4, -0.2) is 34.8 Å². The number of ether oxygens (including phenoxy) is 2. The molecule has 0 aliphatic heterocycles. The molecule has 2 unspecified atom stereocenters. The van der Waals surface area contributed by atoms with Gasteiger partial charge in [-0.05, 0) is 20.3 Å². The molecule has 2 atom stereocenters. The van der Waals surface area contributed by atoms with Crippen molar-refractivity contribution in [1.82, 2.24) is 0 Å². The second-order valence-electron chi connectivity index (χ2n) is 3.76. The lowest BCUT2D eigenvalue weighted by atomic mass is 10.2. The highest BCUT2D eigenvalue weighted by Gasteiger charge is 2.11. The van der Waals surface area contributed by atoms with E-state index in [-0.39, 0.29) is 37.0 Å². The third-order valence-electron chi connectivity index (χ3n) is 1.86. The molecular weight excluding hydrogens is 356 g/mol. The normalized spacial score (nSPS) is 13.9. The first-order chi connectivity index (χ1) is 7.99. The Morgan fingerprint density at radius 3 is 1.59 bits per heavy atom. The lowest BCUT2D eigenvalue weighted by Gasteiger charge is -2.11. The molecule has 0 bridgehead atoms.